The summed E-state index contributed by atoms with van der Waals surface area (Å²) in [7, 11) is 0. The van der Waals surface area contributed by atoms with Gasteiger partial charge in [-0.05, 0) is 67.4 Å². The van der Waals surface area contributed by atoms with Crippen LogP contribution in [0.4, 0.5) is 19.0 Å². The molecule has 5 aliphatic heterocycles. The fourth-order valence-corrected chi connectivity index (χ4v) is 9.10. The molecule has 12 heteroatoms. The van der Waals surface area contributed by atoms with E-state index in [1.54, 1.807) is 12.1 Å². The molecule has 6 heterocycles. The van der Waals surface area contributed by atoms with Gasteiger partial charge >= 0.3 is 6.01 Å². The van der Waals surface area contributed by atoms with Gasteiger partial charge in [0.25, 0.3) is 5.91 Å². The molecule has 1 amide bonds. The van der Waals surface area contributed by atoms with E-state index >= 15 is 4.39 Å². The predicted molar refractivity (Wildman–Crippen MR) is 181 cm³/mol. The lowest BCUT2D eigenvalue weighted by Gasteiger charge is -2.44. The van der Waals surface area contributed by atoms with Crippen LogP contribution in [0.1, 0.15) is 44.1 Å². The maximum absolute atomic E-state index is 17.0. The molecule has 2 bridgehead atoms. The number of hydrogen-bond acceptors (Lipinski definition) is 8. The van der Waals surface area contributed by atoms with Crippen LogP contribution in [0, 0.1) is 24.0 Å². The standard InChI is InChI=1S/C38H36F3N5O4/c1-2-26-30(40)9-4-21-14-25(47)15-29(32(21)26)27-7-8-28-34(33(27)41)42-37(50-20-38-11-3-12-45(38)17-22(39)16-38)43-35(28)44-18-23-5-6-24(19-44)46(23)36(48)31-10-13-49-31/h1,4,7-9,14-15,22-24,31,47H,3,5-6,10-13,16-20H2/t22-,23?,24?,31?,38+/m1/s1. The van der Waals surface area contributed by atoms with Crippen molar-refractivity contribution in [3.63, 3.8) is 0 Å². The Morgan fingerprint density at radius 2 is 1.88 bits per heavy atom. The van der Waals surface area contributed by atoms with Gasteiger partial charge in [0.1, 0.15) is 41.8 Å². The van der Waals surface area contributed by atoms with Gasteiger partial charge in [0, 0.05) is 60.9 Å². The number of halogens is 3. The molecule has 5 fully saturated rings. The normalized spacial score (nSPS) is 27.5. The molecule has 0 radical (unpaired) electrons. The van der Waals surface area contributed by atoms with Crippen LogP contribution in [0.15, 0.2) is 36.4 Å². The van der Waals surface area contributed by atoms with Crippen molar-refractivity contribution in [2.75, 3.05) is 44.3 Å². The zero-order valence-electron chi connectivity index (χ0n) is 27.4. The third-order valence-electron chi connectivity index (χ3n) is 11.5. The van der Waals surface area contributed by atoms with Gasteiger partial charge in [-0.15, -0.1) is 6.42 Å². The third-order valence-corrected chi connectivity index (χ3v) is 11.5. The summed E-state index contributed by atoms with van der Waals surface area (Å²) in [6.45, 7) is 2.90. The van der Waals surface area contributed by atoms with Gasteiger partial charge in [0.15, 0.2) is 5.82 Å². The number of ether oxygens (including phenoxy) is 2. The van der Waals surface area contributed by atoms with E-state index in [4.69, 9.17) is 20.9 Å². The van der Waals surface area contributed by atoms with Crippen LogP contribution < -0.4 is 9.64 Å². The number of terminal acetylenes is 1. The Bertz CT molecular complexity index is 2090. The number of fused-ring (bicyclic) bond motifs is 5. The van der Waals surface area contributed by atoms with E-state index in [1.807, 2.05) is 4.90 Å². The number of amides is 1. The summed E-state index contributed by atoms with van der Waals surface area (Å²) in [6, 6.07) is 8.70. The Morgan fingerprint density at radius 1 is 1.08 bits per heavy atom. The van der Waals surface area contributed by atoms with Gasteiger partial charge in [-0.2, -0.15) is 9.97 Å². The number of phenolic OH excluding ortho intramolecular Hbond substituents is 1. The number of carbonyl (C=O) groups is 1. The molecule has 1 N–H and O–H groups in total. The number of phenols is 1. The van der Waals surface area contributed by atoms with Crippen molar-refractivity contribution in [3.8, 4) is 35.2 Å². The monoisotopic (exact) mass is 683 g/mol. The highest BCUT2D eigenvalue weighted by Crippen LogP contribution is 2.43. The molecular weight excluding hydrogens is 647 g/mol. The van der Waals surface area contributed by atoms with E-state index in [-0.39, 0.29) is 64.7 Å². The Kier molecular flexibility index (Phi) is 7.37. The van der Waals surface area contributed by atoms with Gasteiger partial charge in [0.05, 0.1) is 17.7 Å². The van der Waals surface area contributed by atoms with E-state index in [0.29, 0.717) is 54.6 Å². The lowest BCUT2D eigenvalue weighted by atomic mass is 9.93. The fourth-order valence-electron chi connectivity index (χ4n) is 9.10. The van der Waals surface area contributed by atoms with Crippen molar-refractivity contribution in [2.24, 2.45) is 0 Å². The molecule has 0 spiro atoms. The first-order chi connectivity index (χ1) is 24.2. The zero-order valence-corrected chi connectivity index (χ0v) is 27.4. The second-order valence-corrected chi connectivity index (χ2v) is 14.4. The minimum absolute atomic E-state index is 0.0121. The van der Waals surface area contributed by atoms with Crippen LogP contribution in [0.5, 0.6) is 11.8 Å². The van der Waals surface area contributed by atoms with Gasteiger partial charge in [-0.3, -0.25) is 9.69 Å². The van der Waals surface area contributed by atoms with E-state index in [0.717, 1.165) is 38.6 Å². The van der Waals surface area contributed by atoms with E-state index in [1.165, 1.54) is 24.3 Å². The molecule has 0 aliphatic carbocycles. The molecule has 4 aromatic rings. The topological polar surface area (TPSA) is 91.3 Å². The molecule has 258 valence electrons. The lowest BCUT2D eigenvalue weighted by Crippen LogP contribution is -2.59. The summed E-state index contributed by atoms with van der Waals surface area (Å²) in [4.78, 5) is 28.9. The average molecular weight is 684 g/mol. The molecule has 0 saturated carbocycles. The summed E-state index contributed by atoms with van der Waals surface area (Å²) in [5.74, 6) is 1.42. The zero-order chi connectivity index (χ0) is 34.3. The van der Waals surface area contributed by atoms with Crippen LogP contribution in [0.25, 0.3) is 32.8 Å². The Balaban J connectivity index is 1.15. The Labute approximate surface area is 287 Å². The molecule has 9 rings (SSSR count). The fraction of sp³-hybridized carbons (Fsp3) is 0.447. The van der Waals surface area contributed by atoms with Crippen molar-refractivity contribution >= 4 is 33.4 Å². The Hall–Kier alpha value is -4.60. The van der Waals surface area contributed by atoms with Crippen LogP contribution in [-0.2, 0) is 9.53 Å². The maximum Gasteiger partial charge on any atom is 0.319 e. The van der Waals surface area contributed by atoms with E-state index in [9.17, 15) is 18.7 Å². The largest absolute Gasteiger partial charge is 0.508 e. The van der Waals surface area contributed by atoms with E-state index < -0.39 is 23.3 Å². The Morgan fingerprint density at radius 3 is 2.62 bits per heavy atom. The summed E-state index contributed by atoms with van der Waals surface area (Å²) < 4.78 is 58.3. The smallest absolute Gasteiger partial charge is 0.319 e. The maximum atomic E-state index is 17.0. The van der Waals surface area contributed by atoms with Crippen LogP contribution in [0.2, 0.25) is 0 Å². The first-order valence-electron chi connectivity index (χ1n) is 17.4. The van der Waals surface area contributed by atoms with Gasteiger partial charge in [-0.25, -0.2) is 13.2 Å². The van der Waals surface area contributed by atoms with Crippen LogP contribution >= 0.6 is 0 Å². The van der Waals surface area contributed by atoms with Crippen molar-refractivity contribution in [3.05, 3.63) is 53.6 Å². The number of rotatable bonds is 6. The number of hydrogen-bond donors (Lipinski definition) is 1. The summed E-state index contributed by atoms with van der Waals surface area (Å²) in [5.41, 5.74) is -0.227. The quantitative estimate of drug-likeness (QED) is 0.273. The number of alkyl halides is 1. The highest BCUT2D eigenvalue weighted by atomic mass is 19.1. The van der Waals surface area contributed by atoms with Crippen LogP contribution in [0.3, 0.4) is 0 Å². The molecule has 3 unspecified atom stereocenters. The molecule has 1 aromatic heterocycles. The predicted octanol–water partition coefficient (Wildman–Crippen LogP) is 5.34. The second-order valence-electron chi connectivity index (χ2n) is 14.4. The highest BCUT2D eigenvalue weighted by molar-refractivity contribution is 6.04. The first kappa shape index (κ1) is 31.4. The minimum atomic E-state index is -0.943. The van der Waals surface area contributed by atoms with Crippen molar-refractivity contribution < 1.29 is 32.5 Å². The molecule has 5 atom stereocenters. The van der Waals surface area contributed by atoms with Gasteiger partial charge < -0.3 is 24.4 Å². The highest BCUT2D eigenvalue weighted by Gasteiger charge is 2.50. The number of carbonyl (C=O) groups excluding carboxylic acids is 1. The van der Waals surface area contributed by atoms with Gasteiger partial charge in [0.2, 0.25) is 0 Å². The molecule has 50 heavy (non-hydrogen) atoms. The van der Waals surface area contributed by atoms with Crippen molar-refractivity contribution in [1.82, 2.24) is 19.8 Å². The number of aromatic nitrogens is 2. The van der Waals surface area contributed by atoms with Crippen molar-refractivity contribution in [1.29, 1.82) is 0 Å². The molecule has 9 nitrogen and oxygen atoms in total. The molecule has 5 aliphatic rings. The van der Waals surface area contributed by atoms with Gasteiger partial charge in [-0.1, -0.05) is 18.1 Å². The molecule has 3 aromatic carbocycles. The second kappa shape index (κ2) is 11.7. The summed E-state index contributed by atoms with van der Waals surface area (Å²) in [5, 5.41) is 11.8. The number of nitrogens with zero attached hydrogens (tertiary/aromatic N) is 5. The van der Waals surface area contributed by atoms with Crippen LogP contribution in [-0.4, -0.2) is 100 Å². The first-order valence-corrected chi connectivity index (χ1v) is 17.4. The SMILES string of the molecule is C#Cc1c(F)ccc2cc(O)cc(-c3ccc4c(N5CC6CCC(C5)N6C(=O)C5CCO5)nc(OC[C@@]56CCCN5C[C@H](F)C6)nc4c3F)c12. The number of benzene rings is 3. The summed E-state index contributed by atoms with van der Waals surface area (Å²) in [6.07, 6.45) is 8.87. The van der Waals surface area contributed by atoms with Crippen molar-refractivity contribution in [2.45, 2.75) is 68.4 Å². The number of aromatic hydroxyl groups is 1. The van der Waals surface area contributed by atoms with E-state index in [2.05, 4.69) is 20.7 Å². The third kappa shape index (κ3) is 4.88. The number of piperazine rings is 1. The molecule has 5 saturated heterocycles. The lowest BCUT2D eigenvalue weighted by molar-refractivity contribution is -0.159. The summed E-state index contributed by atoms with van der Waals surface area (Å²) >= 11 is 0. The molecular formula is C38H36F3N5O4. The number of anilines is 1. The average Bonchev–Trinajstić information content (AvgIpc) is 3.69. The minimum Gasteiger partial charge on any atom is -0.508 e.